The number of hydrogen-bond donors (Lipinski definition) is 1. The van der Waals surface area contributed by atoms with E-state index in [1.807, 2.05) is 37.3 Å². The summed E-state index contributed by atoms with van der Waals surface area (Å²) in [4.78, 5) is 24.3. The number of nitrogens with one attached hydrogen (secondary N) is 1. The van der Waals surface area contributed by atoms with E-state index in [1.54, 1.807) is 4.90 Å². The Hall–Kier alpha value is -1.84. The van der Waals surface area contributed by atoms with Gasteiger partial charge in [-0.15, -0.1) is 0 Å². The number of imide groups is 1. The van der Waals surface area contributed by atoms with Crippen LogP contribution in [-0.4, -0.2) is 23.4 Å². The van der Waals surface area contributed by atoms with Crippen LogP contribution in [0.2, 0.25) is 0 Å². The molecule has 1 fully saturated rings. The number of rotatable bonds is 3. The quantitative estimate of drug-likeness (QED) is 0.785. The van der Waals surface area contributed by atoms with Crippen molar-refractivity contribution in [2.45, 2.75) is 19.4 Å². The average Bonchev–Trinajstić information content (AvgIpc) is 2.61. The van der Waals surface area contributed by atoms with Crippen LogP contribution in [0.15, 0.2) is 30.3 Å². The molecule has 3 amide bonds. The van der Waals surface area contributed by atoms with E-state index in [4.69, 9.17) is 0 Å². The van der Waals surface area contributed by atoms with Crippen molar-refractivity contribution in [1.82, 2.24) is 10.2 Å². The molecule has 1 unspecified atom stereocenters. The second kappa shape index (κ2) is 4.35. The molecule has 1 aliphatic rings. The molecular formula is C12H14N2O2. The van der Waals surface area contributed by atoms with Gasteiger partial charge in [0.25, 0.3) is 0 Å². The molecule has 2 rings (SSSR count). The first-order valence-corrected chi connectivity index (χ1v) is 5.37. The molecule has 4 nitrogen and oxygen atoms in total. The Bertz CT molecular complexity index is 403. The zero-order valence-electron chi connectivity index (χ0n) is 9.14. The minimum absolute atomic E-state index is 0.0207. The van der Waals surface area contributed by atoms with Crippen LogP contribution in [-0.2, 0) is 4.79 Å². The second-order valence-corrected chi connectivity index (χ2v) is 3.82. The number of benzene rings is 1. The molecule has 1 N–H and O–H groups in total. The number of hydrogen-bond acceptors (Lipinski definition) is 2. The fourth-order valence-electron chi connectivity index (χ4n) is 2.02. The van der Waals surface area contributed by atoms with Crippen molar-refractivity contribution in [1.29, 1.82) is 0 Å². The predicted octanol–water partition coefficient (Wildman–Crippen LogP) is 1.69. The number of nitrogens with zero attached hydrogens (tertiary/aromatic N) is 1. The third-order valence-corrected chi connectivity index (χ3v) is 2.77. The Morgan fingerprint density at radius 2 is 2.00 bits per heavy atom. The van der Waals surface area contributed by atoms with Gasteiger partial charge in [0.1, 0.15) is 6.54 Å². The molecule has 1 saturated heterocycles. The van der Waals surface area contributed by atoms with E-state index in [0.29, 0.717) is 0 Å². The van der Waals surface area contributed by atoms with Gasteiger partial charge in [-0.2, -0.15) is 0 Å². The zero-order valence-corrected chi connectivity index (χ0v) is 9.14. The summed E-state index contributed by atoms with van der Waals surface area (Å²) >= 11 is 0. The first kappa shape index (κ1) is 10.7. The van der Waals surface area contributed by atoms with Gasteiger partial charge in [0.05, 0.1) is 6.04 Å². The van der Waals surface area contributed by atoms with Gasteiger partial charge in [0.2, 0.25) is 5.91 Å². The van der Waals surface area contributed by atoms with Crippen molar-refractivity contribution in [2.75, 3.05) is 6.54 Å². The molecule has 84 valence electrons. The Kier molecular flexibility index (Phi) is 2.90. The van der Waals surface area contributed by atoms with Gasteiger partial charge in [-0.3, -0.25) is 10.1 Å². The summed E-state index contributed by atoms with van der Waals surface area (Å²) in [7, 11) is 0. The SMILES string of the molecule is CCC(c1ccccc1)N1CC(=O)NC1=O. The summed E-state index contributed by atoms with van der Waals surface area (Å²) in [6.07, 6.45) is 0.796. The number of carbonyl (C=O) groups is 2. The van der Waals surface area contributed by atoms with Crippen LogP contribution in [0.3, 0.4) is 0 Å². The maximum atomic E-state index is 11.6. The largest absolute Gasteiger partial charge is 0.325 e. The standard InChI is InChI=1S/C12H14N2O2/c1-2-10(9-6-4-3-5-7-9)14-8-11(15)13-12(14)16/h3-7,10H,2,8H2,1H3,(H,13,15,16). The normalized spacial score (nSPS) is 17.4. The van der Waals surface area contributed by atoms with E-state index in [-0.39, 0.29) is 24.5 Å². The zero-order chi connectivity index (χ0) is 11.5. The first-order chi connectivity index (χ1) is 7.72. The highest BCUT2D eigenvalue weighted by molar-refractivity contribution is 6.02. The molecule has 0 aromatic heterocycles. The topological polar surface area (TPSA) is 49.4 Å². The maximum Gasteiger partial charge on any atom is 0.325 e. The monoisotopic (exact) mass is 218 g/mol. The number of carbonyl (C=O) groups excluding carboxylic acids is 2. The van der Waals surface area contributed by atoms with Crippen molar-refractivity contribution < 1.29 is 9.59 Å². The van der Waals surface area contributed by atoms with E-state index in [9.17, 15) is 9.59 Å². The van der Waals surface area contributed by atoms with Gasteiger partial charge in [0.15, 0.2) is 0 Å². The van der Waals surface area contributed by atoms with Crippen molar-refractivity contribution in [2.24, 2.45) is 0 Å². The molecule has 0 saturated carbocycles. The lowest BCUT2D eigenvalue weighted by Gasteiger charge is -2.25. The van der Waals surface area contributed by atoms with Crippen molar-refractivity contribution in [3.8, 4) is 0 Å². The van der Waals surface area contributed by atoms with Crippen LogP contribution >= 0.6 is 0 Å². The summed E-state index contributed by atoms with van der Waals surface area (Å²) in [5, 5.41) is 2.30. The van der Waals surface area contributed by atoms with E-state index >= 15 is 0 Å². The summed E-state index contributed by atoms with van der Waals surface area (Å²) in [6, 6.07) is 9.45. The van der Waals surface area contributed by atoms with Crippen LogP contribution < -0.4 is 5.32 Å². The van der Waals surface area contributed by atoms with E-state index in [0.717, 1.165) is 12.0 Å². The van der Waals surface area contributed by atoms with Gasteiger partial charge in [0, 0.05) is 0 Å². The van der Waals surface area contributed by atoms with Crippen molar-refractivity contribution in [3.63, 3.8) is 0 Å². The second-order valence-electron chi connectivity index (χ2n) is 3.82. The first-order valence-electron chi connectivity index (χ1n) is 5.37. The molecule has 1 aromatic rings. The Balaban J connectivity index is 2.24. The van der Waals surface area contributed by atoms with Gasteiger partial charge in [-0.05, 0) is 12.0 Å². The van der Waals surface area contributed by atoms with E-state index < -0.39 is 0 Å². The molecule has 16 heavy (non-hydrogen) atoms. The summed E-state index contributed by atoms with van der Waals surface area (Å²) < 4.78 is 0. The molecule has 1 aliphatic heterocycles. The predicted molar refractivity (Wildman–Crippen MR) is 59.7 cm³/mol. The number of urea groups is 1. The fourth-order valence-corrected chi connectivity index (χ4v) is 2.02. The van der Waals surface area contributed by atoms with Gasteiger partial charge in [-0.25, -0.2) is 4.79 Å². The van der Waals surface area contributed by atoms with Gasteiger partial charge >= 0.3 is 6.03 Å². The molecular weight excluding hydrogens is 204 g/mol. The van der Waals surface area contributed by atoms with Crippen LogP contribution in [0.25, 0.3) is 0 Å². The minimum atomic E-state index is -0.291. The van der Waals surface area contributed by atoms with Crippen LogP contribution in [0.1, 0.15) is 24.9 Å². The van der Waals surface area contributed by atoms with Gasteiger partial charge < -0.3 is 4.90 Å². The molecule has 1 aromatic carbocycles. The van der Waals surface area contributed by atoms with Gasteiger partial charge in [-0.1, -0.05) is 37.3 Å². The van der Waals surface area contributed by atoms with E-state index in [2.05, 4.69) is 5.32 Å². The van der Waals surface area contributed by atoms with Crippen molar-refractivity contribution >= 4 is 11.9 Å². The molecule has 0 radical (unpaired) electrons. The Labute approximate surface area is 94.2 Å². The lowest BCUT2D eigenvalue weighted by atomic mass is 10.0. The molecule has 1 heterocycles. The third-order valence-electron chi connectivity index (χ3n) is 2.77. The minimum Gasteiger partial charge on any atom is -0.308 e. The lowest BCUT2D eigenvalue weighted by Crippen LogP contribution is -2.32. The summed E-state index contributed by atoms with van der Waals surface area (Å²) in [6.45, 7) is 2.17. The Morgan fingerprint density at radius 3 is 2.50 bits per heavy atom. The van der Waals surface area contributed by atoms with Crippen molar-refractivity contribution in [3.05, 3.63) is 35.9 Å². The Morgan fingerprint density at radius 1 is 1.31 bits per heavy atom. The van der Waals surface area contributed by atoms with E-state index in [1.165, 1.54) is 0 Å². The lowest BCUT2D eigenvalue weighted by molar-refractivity contribution is -0.118. The third kappa shape index (κ3) is 1.91. The highest BCUT2D eigenvalue weighted by atomic mass is 16.2. The fraction of sp³-hybridized carbons (Fsp3) is 0.333. The molecule has 0 spiro atoms. The highest BCUT2D eigenvalue weighted by Gasteiger charge is 2.32. The average molecular weight is 218 g/mol. The maximum absolute atomic E-state index is 11.6. The van der Waals surface area contributed by atoms with Crippen LogP contribution in [0.4, 0.5) is 4.79 Å². The highest BCUT2D eigenvalue weighted by Crippen LogP contribution is 2.25. The molecule has 0 aliphatic carbocycles. The smallest absolute Gasteiger partial charge is 0.308 e. The molecule has 0 bridgehead atoms. The number of amides is 3. The van der Waals surface area contributed by atoms with Crippen LogP contribution in [0.5, 0.6) is 0 Å². The molecule has 4 heteroatoms. The molecule has 1 atom stereocenters. The summed E-state index contributed by atoms with van der Waals surface area (Å²) in [5.74, 6) is -0.223. The van der Waals surface area contributed by atoms with Crippen LogP contribution in [0, 0.1) is 0 Å². The summed E-state index contributed by atoms with van der Waals surface area (Å²) in [5.41, 5.74) is 1.06.